The van der Waals surface area contributed by atoms with E-state index in [0.29, 0.717) is 0 Å². The summed E-state index contributed by atoms with van der Waals surface area (Å²) in [4.78, 5) is 0. The topological polar surface area (TPSA) is 25.3 Å². The Morgan fingerprint density at radius 1 is 0.333 bits per heavy atom. The van der Waals surface area contributed by atoms with E-state index in [2.05, 4.69) is 76.2 Å². The second-order valence-corrected chi connectivity index (χ2v) is 16.8. The van der Waals surface area contributed by atoms with E-state index in [1.807, 2.05) is 0 Å². The van der Waals surface area contributed by atoms with Gasteiger partial charge >= 0.3 is 0 Å². The van der Waals surface area contributed by atoms with Crippen molar-refractivity contribution in [2.24, 2.45) is 0 Å². The molecule has 3 rings (SSSR count). The number of rotatable bonds is 34. The molecule has 0 amide bonds. The minimum absolute atomic E-state index is 0.923. The van der Waals surface area contributed by atoms with Crippen LogP contribution in [0.15, 0.2) is 59.7 Å². The Balaban J connectivity index is 1.42. The van der Waals surface area contributed by atoms with Crippen LogP contribution in [0.1, 0.15) is 243 Å². The highest BCUT2D eigenvalue weighted by atomic mass is 15.2. The van der Waals surface area contributed by atoms with E-state index in [-0.39, 0.29) is 0 Å². The lowest BCUT2D eigenvalue weighted by atomic mass is 9.93. The fourth-order valence-electron chi connectivity index (χ4n) is 8.60. The minimum atomic E-state index is 0.923. The lowest BCUT2D eigenvalue weighted by Gasteiger charge is -2.11. The Kier molecular flexibility index (Phi) is 25.3. The standard InChI is InChI=1S/C52H84N2/c1-5-9-12-14-16-18-20-22-24-26-28-30-32-34-45-37-41-47(42-38-45)51-49(8-4)50(36-11-7-3)52(54(51)53)48-43-39-46(40-44-48)35-33-31-29-27-25-23-21-19-17-15-13-10-6-2/h37-44H,5-36H2,1-4H3. The summed E-state index contributed by atoms with van der Waals surface area (Å²) < 4.78 is 1.53. The van der Waals surface area contributed by atoms with Crippen molar-refractivity contribution in [1.29, 1.82) is 0 Å². The van der Waals surface area contributed by atoms with E-state index in [0.717, 1.165) is 61.0 Å². The quantitative estimate of drug-likeness (QED) is 0.0505. The summed E-state index contributed by atoms with van der Waals surface area (Å²) in [5, 5.41) is 0. The monoisotopic (exact) mass is 737 g/mol. The highest BCUT2D eigenvalue weighted by molar-refractivity contribution is 5.82. The molecular formula is C52H84N2. The second kappa shape index (κ2) is 29.8. The minimum Gasteiger partial charge on any atom is -0.493 e. The van der Waals surface area contributed by atoms with Crippen molar-refractivity contribution in [2.45, 2.75) is 233 Å². The third-order valence-electron chi connectivity index (χ3n) is 12.1. The molecule has 0 aliphatic carbocycles. The maximum absolute atomic E-state index is 11.9. The van der Waals surface area contributed by atoms with E-state index in [4.69, 9.17) is 0 Å². The first kappa shape index (κ1) is 45.9. The van der Waals surface area contributed by atoms with Gasteiger partial charge in [-0.25, -0.2) is 4.70 Å². The van der Waals surface area contributed by atoms with Gasteiger partial charge in [0.1, 0.15) is 0 Å². The number of hydrogen-bond acceptors (Lipinski definition) is 0. The van der Waals surface area contributed by atoms with Gasteiger partial charge in [-0.3, -0.25) is 0 Å². The van der Waals surface area contributed by atoms with Gasteiger partial charge in [0.15, 0.2) is 0 Å². The van der Waals surface area contributed by atoms with Gasteiger partial charge in [-0.15, -0.1) is 0 Å². The molecule has 0 radical (unpaired) electrons. The predicted octanol–water partition coefficient (Wildman–Crippen LogP) is 17.7. The zero-order chi connectivity index (χ0) is 38.5. The highest BCUT2D eigenvalue weighted by Gasteiger charge is 2.34. The summed E-state index contributed by atoms with van der Waals surface area (Å²) in [6, 6.07) is 18.3. The molecular weight excluding hydrogens is 653 g/mol. The molecule has 2 aromatic rings. The average molecular weight is 737 g/mol. The van der Waals surface area contributed by atoms with Gasteiger partial charge in [0.25, 0.3) is 0 Å². The van der Waals surface area contributed by atoms with Crippen molar-refractivity contribution in [3.05, 3.63) is 87.5 Å². The van der Waals surface area contributed by atoms with Crippen LogP contribution in [0, 0.1) is 0 Å². The molecule has 2 heteroatoms. The van der Waals surface area contributed by atoms with Gasteiger partial charge in [-0.2, -0.15) is 0 Å². The summed E-state index contributed by atoms with van der Waals surface area (Å²) >= 11 is 0. The molecule has 0 aromatic heterocycles. The van der Waals surface area contributed by atoms with Gasteiger partial charge in [-0.1, -0.05) is 212 Å². The van der Waals surface area contributed by atoms with Gasteiger partial charge in [0.05, 0.1) is 0 Å². The fourth-order valence-corrected chi connectivity index (χ4v) is 8.60. The summed E-state index contributed by atoms with van der Waals surface area (Å²) in [6.45, 7) is 9.11. The molecule has 0 saturated carbocycles. The lowest BCUT2D eigenvalue weighted by molar-refractivity contribution is -0.345. The van der Waals surface area contributed by atoms with Gasteiger partial charge in [-0.05, 0) is 80.3 Å². The normalized spacial score (nSPS) is 13.2. The molecule has 0 saturated heterocycles. The number of nitrogens with zero attached hydrogens (tertiary/aromatic N) is 2. The number of unbranched alkanes of at least 4 members (excludes halogenated alkanes) is 25. The Morgan fingerprint density at radius 2 is 0.630 bits per heavy atom. The van der Waals surface area contributed by atoms with Crippen molar-refractivity contribution in [3.8, 4) is 0 Å². The van der Waals surface area contributed by atoms with Crippen molar-refractivity contribution in [3.63, 3.8) is 0 Å². The summed E-state index contributed by atoms with van der Waals surface area (Å²) in [5.74, 6) is 0. The number of benzene rings is 2. The fraction of sp³-hybridized carbons (Fsp3) is 0.692. The van der Waals surface area contributed by atoms with Crippen LogP contribution in [0.25, 0.3) is 16.9 Å². The van der Waals surface area contributed by atoms with Crippen LogP contribution in [0.4, 0.5) is 0 Å². The third-order valence-corrected chi connectivity index (χ3v) is 12.1. The molecule has 302 valence electrons. The van der Waals surface area contributed by atoms with E-state index in [1.165, 1.54) is 194 Å². The molecule has 2 aromatic carbocycles. The van der Waals surface area contributed by atoms with Crippen molar-refractivity contribution in [1.82, 2.24) is 0 Å². The molecule has 0 fully saturated rings. The SMILES string of the molecule is CCCCCCCCCCCCCCCc1ccc(C2=C(CC)C(CCCC)=C(c3ccc(CCCCCCCCCCCCCCC)cc3)[N+]2=[N-])cc1. The maximum atomic E-state index is 11.9. The first-order chi connectivity index (χ1) is 26.6. The summed E-state index contributed by atoms with van der Waals surface area (Å²) in [6.07, 6.45) is 42.8. The maximum Gasteiger partial charge on any atom is 0.211 e. The van der Waals surface area contributed by atoms with Crippen LogP contribution in [0.2, 0.25) is 0 Å². The largest absolute Gasteiger partial charge is 0.493 e. The number of aryl methyl sites for hydroxylation is 2. The Bertz CT molecular complexity index is 1310. The molecule has 2 nitrogen and oxygen atoms in total. The molecule has 1 aliphatic rings. The zero-order valence-corrected chi connectivity index (χ0v) is 36.1. The van der Waals surface area contributed by atoms with Gasteiger partial charge < -0.3 is 5.53 Å². The molecule has 1 aliphatic heterocycles. The van der Waals surface area contributed by atoms with Gasteiger partial charge in [0.2, 0.25) is 11.4 Å². The van der Waals surface area contributed by atoms with Crippen LogP contribution in [0.5, 0.6) is 0 Å². The Labute approximate surface area is 335 Å². The van der Waals surface area contributed by atoms with E-state index in [9.17, 15) is 5.53 Å². The molecule has 0 bridgehead atoms. The molecule has 0 atom stereocenters. The smallest absolute Gasteiger partial charge is 0.211 e. The molecule has 0 spiro atoms. The Hall–Kier alpha value is -2.48. The van der Waals surface area contributed by atoms with Crippen molar-refractivity contribution < 1.29 is 4.70 Å². The average Bonchev–Trinajstić information content (AvgIpc) is 3.48. The predicted molar refractivity (Wildman–Crippen MR) is 239 cm³/mol. The summed E-state index contributed by atoms with van der Waals surface area (Å²) in [5.41, 5.74) is 21.6. The van der Waals surface area contributed by atoms with Crippen LogP contribution in [-0.2, 0) is 12.8 Å². The highest BCUT2D eigenvalue weighted by Crippen LogP contribution is 2.43. The molecule has 0 unspecified atom stereocenters. The second-order valence-electron chi connectivity index (χ2n) is 16.8. The van der Waals surface area contributed by atoms with Crippen LogP contribution in [-0.4, -0.2) is 4.70 Å². The lowest BCUT2D eigenvalue weighted by Crippen LogP contribution is -2.03. The van der Waals surface area contributed by atoms with E-state index >= 15 is 0 Å². The van der Waals surface area contributed by atoms with Crippen molar-refractivity contribution in [2.75, 3.05) is 0 Å². The van der Waals surface area contributed by atoms with Crippen LogP contribution < -0.4 is 0 Å². The number of allylic oxidation sites excluding steroid dienone is 2. The molecule has 0 N–H and O–H groups in total. The zero-order valence-electron chi connectivity index (χ0n) is 36.1. The number of hydrogen-bond donors (Lipinski definition) is 0. The van der Waals surface area contributed by atoms with E-state index < -0.39 is 0 Å². The van der Waals surface area contributed by atoms with Crippen LogP contribution in [0.3, 0.4) is 0 Å². The van der Waals surface area contributed by atoms with Crippen LogP contribution >= 0.6 is 0 Å². The van der Waals surface area contributed by atoms with Crippen molar-refractivity contribution >= 4 is 11.4 Å². The first-order valence-electron chi connectivity index (χ1n) is 23.8. The Morgan fingerprint density at radius 3 is 0.944 bits per heavy atom. The summed E-state index contributed by atoms with van der Waals surface area (Å²) in [7, 11) is 0. The molecule has 54 heavy (non-hydrogen) atoms. The molecule has 1 heterocycles. The third kappa shape index (κ3) is 17.5. The van der Waals surface area contributed by atoms with Gasteiger partial charge in [0, 0.05) is 22.3 Å². The van der Waals surface area contributed by atoms with E-state index in [1.54, 1.807) is 0 Å². The first-order valence-corrected chi connectivity index (χ1v) is 23.8.